The van der Waals surface area contributed by atoms with Gasteiger partial charge >= 0.3 is 0 Å². The van der Waals surface area contributed by atoms with Crippen molar-refractivity contribution in [2.24, 2.45) is 0 Å². The van der Waals surface area contributed by atoms with E-state index in [9.17, 15) is 0 Å². The Kier molecular flexibility index (Phi) is 3.78. The number of hydrogen-bond acceptors (Lipinski definition) is 5. The van der Waals surface area contributed by atoms with E-state index in [0.29, 0.717) is 11.7 Å². The average Bonchev–Trinajstić information content (AvgIpc) is 2.81. The van der Waals surface area contributed by atoms with Crippen LogP contribution in [0.25, 0.3) is 0 Å². The van der Waals surface area contributed by atoms with Crippen LogP contribution < -0.4 is 10.6 Å². The Morgan fingerprint density at radius 2 is 2.24 bits per heavy atom. The van der Waals surface area contributed by atoms with Crippen LogP contribution in [0.4, 0.5) is 11.5 Å². The van der Waals surface area contributed by atoms with E-state index in [1.54, 1.807) is 12.5 Å². The smallest absolute Gasteiger partial charge is 0.155 e. The molecule has 0 saturated carbocycles. The van der Waals surface area contributed by atoms with Gasteiger partial charge in [0.1, 0.15) is 6.33 Å². The Balaban J connectivity index is 2.05. The summed E-state index contributed by atoms with van der Waals surface area (Å²) in [5.41, 5.74) is 6.58. The fourth-order valence-corrected chi connectivity index (χ4v) is 2.57. The van der Waals surface area contributed by atoms with Gasteiger partial charge < -0.3 is 10.6 Å². The monoisotopic (exact) mass is 235 g/mol. The molecule has 0 spiro atoms. The molecule has 94 valence electrons. The molecule has 1 atom stereocenters. The molecule has 1 saturated heterocycles. The summed E-state index contributed by atoms with van der Waals surface area (Å²) in [6.45, 7) is 8.68. The van der Waals surface area contributed by atoms with Crippen molar-refractivity contribution in [3.05, 3.63) is 12.5 Å². The minimum atomic E-state index is 0.624. The van der Waals surface area contributed by atoms with Crippen LogP contribution in [0.15, 0.2) is 12.5 Å². The van der Waals surface area contributed by atoms with Gasteiger partial charge in [0.25, 0.3) is 0 Å². The zero-order valence-corrected chi connectivity index (χ0v) is 10.6. The van der Waals surface area contributed by atoms with Crippen molar-refractivity contribution in [1.29, 1.82) is 0 Å². The molecule has 1 aliphatic heterocycles. The molecule has 0 aromatic carbocycles. The number of nitrogens with two attached hydrogens (primary N) is 1. The Labute approximate surface area is 103 Å². The van der Waals surface area contributed by atoms with E-state index >= 15 is 0 Å². The highest BCUT2D eigenvalue weighted by Crippen LogP contribution is 2.24. The van der Waals surface area contributed by atoms with Gasteiger partial charge in [0.15, 0.2) is 5.82 Å². The van der Waals surface area contributed by atoms with Crippen LogP contribution in [-0.4, -0.2) is 47.1 Å². The number of nitrogens with zero attached hydrogens (tertiary/aromatic N) is 4. The minimum absolute atomic E-state index is 0.624. The Morgan fingerprint density at radius 1 is 1.47 bits per heavy atom. The van der Waals surface area contributed by atoms with Crippen LogP contribution in [-0.2, 0) is 0 Å². The molecule has 0 amide bonds. The SMILES string of the molecule is CCN(CC)C1CCN(c2ncncc2N)C1. The maximum Gasteiger partial charge on any atom is 0.155 e. The fraction of sp³-hybridized carbons (Fsp3) is 0.667. The predicted octanol–water partition coefficient (Wildman–Crippen LogP) is 0.979. The molecule has 17 heavy (non-hydrogen) atoms. The molecule has 1 aromatic heterocycles. The van der Waals surface area contributed by atoms with Crippen LogP contribution >= 0.6 is 0 Å². The van der Waals surface area contributed by atoms with Crippen LogP contribution in [0.2, 0.25) is 0 Å². The summed E-state index contributed by atoms with van der Waals surface area (Å²) in [5.74, 6) is 0.884. The summed E-state index contributed by atoms with van der Waals surface area (Å²) in [5, 5.41) is 0. The fourth-order valence-electron chi connectivity index (χ4n) is 2.57. The van der Waals surface area contributed by atoms with Crippen molar-refractivity contribution in [2.45, 2.75) is 26.3 Å². The molecule has 2 heterocycles. The van der Waals surface area contributed by atoms with E-state index in [1.807, 2.05) is 0 Å². The number of likely N-dealkylation sites (N-methyl/N-ethyl adjacent to an activating group) is 1. The van der Waals surface area contributed by atoms with Crippen molar-refractivity contribution >= 4 is 11.5 Å². The van der Waals surface area contributed by atoms with Crippen LogP contribution in [0.3, 0.4) is 0 Å². The van der Waals surface area contributed by atoms with Crippen molar-refractivity contribution in [3.63, 3.8) is 0 Å². The first-order chi connectivity index (χ1) is 8.26. The van der Waals surface area contributed by atoms with E-state index in [-0.39, 0.29) is 0 Å². The van der Waals surface area contributed by atoms with Gasteiger partial charge in [-0.2, -0.15) is 0 Å². The second-order valence-electron chi connectivity index (χ2n) is 4.41. The third-order valence-corrected chi connectivity index (χ3v) is 3.51. The Morgan fingerprint density at radius 3 is 2.88 bits per heavy atom. The molecule has 0 aliphatic carbocycles. The third-order valence-electron chi connectivity index (χ3n) is 3.51. The van der Waals surface area contributed by atoms with Gasteiger partial charge in [0.2, 0.25) is 0 Å². The van der Waals surface area contributed by atoms with Gasteiger partial charge in [-0.25, -0.2) is 9.97 Å². The molecule has 2 rings (SSSR count). The van der Waals surface area contributed by atoms with E-state index in [4.69, 9.17) is 5.73 Å². The predicted molar refractivity (Wildman–Crippen MR) is 70.0 cm³/mol. The number of aromatic nitrogens is 2. The maximum atomic E-state index is 5.91. The van der Waals surface area contributed by atoms with Gasteiger partial charge in [-0.1, -0.05) is 13.8 Å². The van der Waals surface area contributed by atoms with E-state index in [0.717, 1.165) is 32.0 Å². The highest BCUT2D eigenvalue weighted by atomic mass is 15.3. The zero-order chi connectivity index (χ0) is 12.3. The van der Waals surface area contributed by atoms with E-state index < -0.39 is 0 Å². The van der Waals surface area contributed by atoms with Gasteiger partial charge in [-0.15, -0.1) is 0 Å². The largest absolute Gasteiger partial charge is 0.394 e. The summed E-state index contributed by atoms with van der Waals surface area (Å²) < 4.78 is 0. The molecule has 2 N–H and O–H groups in total. The Hall–Kier alpha value is -1.36. The molecule has 5 nitrogen and oxygen atoms in total. The average molecular weight is 235 g/mol. The van der Waals surface area contributed by atoms with Crippen molar-refractivity contribution in [2.75, 3.05) is 36.8 Å². The molecule has 0 bridgehead atoms. The lowest BCUT2D eigenvalue weighted by Crippen LogP contribution is -2.37. The maximum absolute atomic E-state index is 5.91. The summed E-state index contributed by atoms with van der Waals surface area (Å²) in [6.07, 6.45) is 4.43. The third kappa shape index (κ3) is 2.49. The second-order valence-corrected chi connectivity index (χ2v) is 4.41. The van der Waals surface area contributed by atoms with Gasteiger partial charge in [0.05, 0.1) is 11.9 Å². The lowest BCUT2D eigenvalue weighted by molar-refractivity contribution is 0.232. The van der Waals surface area contributed by atoms with Crippen molar-refractivity contribution < 1.29 is 0 Å². The Bertz CT molecular complexity index is 364. The van der Waals surface area contributed by atoms with Crippen molar-refractivity contribution in [1.82, 2.24) is 14.9 Å². The minimum Gasteiger partial charge on any atom is -0.394 e. The van der Waals surface area contributed by atoms with E-state index in [2.05, 4.69) is 33.6 Å². The van der Waals surface area contributed by atoms with Crippen LogP contribution in [0.5, 0.6) is 0 Å². The van der Waals surface area contributed by atoms with Crippen molar-refractivity contribution in [3.8, 4) is 0 Å². The number of nitrogen functional groups attached to an aromatic ring is 1. The lowest BCUT2D eigenvalue weighted by atomic mass is 10.2. The van der Waals surface area contributed by atoms with Gasteiger partial charge in [0, 0.05) is 19.1 Å². The first kappa shape index (κ1) is 12.1. The quantitative estimate of drug-likeness (QED) is 0.843. The molecule has 1 unspecified atom stereocenters. The van der Waals surface area contributed by atoms with E-state index in [1.165, 1.54) is 6.42 Å². The van der Waals surface area contributed by atoms with Crippen LogP contribution in [0.1, 0.15) is 20.3 Å². The first-order valence-corrected chi connectivity index (χ1v) is 6.30. The second kappa shape index (κ2) is 5.31. The summed E-state index contributed by atoms with van der Waals surface area (Å²) in [7, 11) is 0. The van der Waals surface area contributed by atoms with Crippen LogP contribution in [0, 0.1) is 0 Å². The normalized spacial score (nSPS) is 20.2. The lowest BCUT2D eigenvalue weighted by Gasteiger charge is -2.26. The molecule has 1 fully saturated rings. The topological polar surface area (TPSA) is 58.3 Å². The standard InChI is InChI=1S/C12H21N5/c1-3-16(4-2)10-5-6-17(8-10)12-11(13)7-14-9-15-12/h7,9-10H,3-6,8,13H2,1-2H3. The number of anilines is 2. The molecule has 5 heteroatoms. The highest BCUT2D eigenvalue weighted by molar-refractivity contribution is 5.61. The van der Waals surface area contributed by atoms with Gasteiger partial charge in [-0.3, -0.25) is 4.90 Å². The first-order valence-electron chi connectivity index (χ1n) is 6.30. The molecular weight excluding hydrogens is 214 g/mol. The highest BCUT2D eigenvalue weighted by Gasteiger charge is 2.27. The number of rotatable bonds is 4. The van der Waals surface area contributed by atoms with Gasteiger partial charge in [-0.05, 0) is 19.5 Å². The summed E-state index contributed by atoms with van der Waals surface area (Å²) in [4.78, 5) is 13.0. The zero-order valence-electron chi connectivity index (χ0n) is 10.6. The molecule has 1 aliphatic rings. The summed E-state index contributed by atoms with van der Waals surface area (Å²) in [6, 6.07) is 0.624. The molecule has 0 radical (unpaired) electrons. The molecule has 1 aromatic rings. The number of hydrogen-bond donors (Lipinski definition) is 1. The molecular formula is C12H21N5. The summed E-state index contributed by atoms with van der Waals surface area (Å²) >= 11 is 0.